The van der Waals surface area contributed by atoms with Gasteiger partial charge in [0.15, 0.2) is 0 Å². The minimum atomic E-state index is 0.417. The summed E-state index contributed by atoms with van der Waals surface area (Å²) in [6, 6.07) is 4.61. The second-order valence-electron chi connectivity index (χ2n) is 6.00. The van der Waals surface area contributed by atoms with Gasteiger partial charge in [-0.25, -0.2) is 0 Å². The maximum atomic E-state index is 5.96. The van der Waals surface area contributed by atoms with Gasteiger partial charge < -0.3 is 14.5 Å². The highest BCUT2D eigenvalue weighted by molar-refractivity contribution is 5.17. The minimum Gasteiger partial charge on any atom is -0.462 e. The number of nitrogens with one attached hydrogen (secondary N) is 1. The fourth-order valence-corrected chi connectivity index (χ4v) is 3.88. The molecule has 1 aromatic rings. The summed E-state index contributed by atoms with van der Waals surface area (Å²) in [5.41, 5.74) is 0. The van der Waals surface area contributed by atoms with E-state index < -0.39 is 0 Å². The van der Waals surface area contributed by atoms with Gasteiger partial charge in [-0.2, -0.15) is 0 Å². The van der Waals surface area contributed by atoms with Crippen molar-refractivity contribution >= 4 is 0 Å². The second-order valence-corrected chi connectivity index (χ2v) is 6.00. The maximum absolute atomic E-state index is 5.96. The topological polar surface area (TPSA) is 34.4 Å². The Kier molecular flexibility index (Phi) is 3.94. The number of furan rings is 1. The van der Waals surface area contributed by atoms with Gasteiger partial charge in [0.05, 0.1) is 6.04 Å². The summed E-state index contributed by atoms with van der Waals surface area (Å²) < 4.78 is 11.1. The van der Waals surface area contributed by atoms with Crippen molar-refractivity contribution in [3.63, 3.8) is 0 Å². The molecule has 1 aromatic heterocycles. The number of hydrogen-bond donors (Lipinski definition) is 1. The van der Waals surface area contributed by atoms with Crippen LogP contribution in [0.3, 0.4) is 0 Å². The molecular formula is C16H25NO2. The lowest BCUT2D eigenvalue weighted by molar-refractivity contribution is 0.160. The van der Waals surface area contributed by atoms with Crippen molar-refractivity contribution in [1.29, 1.82) is 0 Å². The summed E-state index contributed by atoms with van der Waals surface area (Å²) in [5.74, 6) is 4.75. The van der Waals surface area contributed by atoms with E-state index in [0.717, 1.165) is 35.8 Å². The van der Waals surface area contributed by atoms with Crippen LogP contribution in [-0.2, 0) is 11.3 Å². The molecular weight excluding hydrogens is 238 g/mol. The lowest BCUT2D eigenvalue weighted by atomic mass is 10.0. The highest BCUT2D eigenvalue weighted by Crippen LogP contribution is 2.62. The van der Waals surface area contributed by atoms with Crippen LogP contribution in [0, 0.1) is 17.8 Å². The van der Waals surface area contributed by atoms with Crippen molar-refractivity contribution in [2.75, 3.05) is 13.7 Å². The molecule has 0 aromatic carbocycles. The highest BCUT2D eigenvalue weighted by atomic mass is 16.5. The molecule has 1 N–H and O–H groups in total. The highest BCUT2D eigenvalue weighted by Gasteiger charge is 2.56. The van der Waals surface area contributed by atoms with Gasteiger partial charge in [-0.3, -0.25) is 0 Å². The largest absolute Gasteiger partial charge is 0.462 e. The Balaban J connectivity index is 1.70. The van der Waals surface area contributed by atoms with Crippen LogP contribution in [0.15, 0.2) is 16.5 Å². The molecule has 0 radical (unpaired) electrons. The van der Waals surface area contributed by atoms with E-state index in [2.05, 4.69) is 24.4 Å². The van der Waals surface area contributed by atoms with E-state index in [1.165, 1.54) is 25.7 Å². The van der Waals surface area contributed by atoms with Crippen molar-refractivity contribution in [3.05, 3.63) is 23.7 Å². The Hall–Kier alpha value is -0.800. The van der Waals surface area contributed by atoms with Crippen molar-refractivity contribution in [2.45, 2.75) is 45.3 Å². The van der Waals surface area contributed by atoms with E-state index >= 15 is 0 Å². The zero-order chi connectivity index (χ0) is 13.2. The fourth-order valence-electron chi connectivity index (χ4n) is 3.88. The smallest absolute Gasteiger partial charge is 0.129 e. The van der Waals surface area contributed by atoms with Crippen molar-refractivity contribution in [2.24, 2.45) is 17.8 Å². The molecule has 2 fully saturated rings. The summed E-state index contributed by atoms with van der Waals surface area (Å²) in [7, 11) is 1.71. The van der Waals surface area contributed by atoms with E-state index in [0.29, 0.717) is 12.6 Å². The molecule has 106 valence electrons. The monoisotopic (exact) mass is 263 g/mol. The summed E-state index contributed by atoms with van der Waals surface area (Å²) in [4.78, 5) is 0. The van der Waals surface area contributed by atoms with Gasteiger partial charge in [0, 0.05) is 7.11 Å². The third-order valence-corrected chi connectivity index (χ3v) is 4.75. The minimum absolute atomic E-state index is 0.417. The number of methoxy groups -OCH3 is 1. The van der Waals surface area contributed by atoms with Gasteiger partial charge in [-0.05, 0) is 55.7 Å². The quantitative estimate of drug-likeness (QED) is 0.817. The molecule has 3 heteroatoms. The summed E-state index contributed by atoms with van der Waals surface area (Å²) in [6.45, 7) is 3.86. The summed E-state index contributed by atoms with van der Waals surface area (Å²) in [5, 5.41) is 3.70. The third-order valence-electron chi connectivity index (χ3n) is 4.75. The average molecular weight is 263 g/mol. The molecule has 0 amide bonds. The predicted molar refractivity (Wildman–Crippen MR) is 74.8 cm³/mol. The Morgan fingerprint density at radius 1 is 1.37 bits per heavy atom. The first-order valence-corrected chi connectivity index (χ1v) is 7.66. The molecule has 0 saturated heterocycles. The summed E-state index contributed by atoms with van der Waals surface area (Å²) in [6.07, 6.45) is 5.44. The number of rotatable bonds is 7. The Bertz CT molecular complexity index is 405. The zero-order valence-corrected chi connectivity index (χ0v) is 12.0. The Morgan fingerprint density at radius 3 is 2.84 bits per heavy atom. The average Bonchev–Trinajstić information content (AvgIpc) is 2.83. The van der Waals surface area contributed by atoms with E-state index in [9.17, 15) is 0 Å². The standard InChI is InChI=1S/C16H25NO2/c1-3-9-17-16(15-12-5-4-6-13(12)15)14-8-7-11(19-14)10-18-2/h7-8,12-13,15-17H,3-6,9-10H2,1-2H3. The molecule has 3 unspecified atom stereocenters. The van der Waals surface area contributed by atoms with Crippen LogP contribution in [-0.4, -0.2) is 13.7 Å². The van der Waals surface area contributed by atoms with Gasteiger partial charge in [0.2, 0.25) is 0 Å². The van der Waals surface area contributed by atoms with Crippen LogP contribution >= 0.6 is 0 Å². The van der Waals surface area contributed by atoms with Gasteiger partial charge in [0.25, 0.3) is 0 Å². The number of hydrogen-bond acceptors (Lipinski definition) is 3. The summed E-state index contributed by atoms with van der Waals surface area (Å²) >= 11 is 0. The van der Waals surface area contributed by atoms with Crippen LogP contribution in [0.4, 0.5) is 0 Å². The van der Waals surface area contributed by atoms with Crippen LogP contribution in [0.25, 0.3) is 0 Å². The van der Waals surface area contributed by atoms with E-state index in [-0.39, 0.29) is 0 Å². The van der Waals surface area contributed by atoms with Crippen LogP contribution in [0.2, 0.25) is 0 Å². The van der Waals surface area contributed by atoms with Crippen molar-refractivity contribution in [1.82, 2.24) is 5.32 Å². The molecule has 19 heavy (non-hydrogen) atoms. The van der Waals surface area contributed by atoms with Crippen molar-refractivity contribution in [3.8, 4) is 0 Å². The van der Waals surface area contributed by atoms with Gasteiger partial charge >= 0.3 is 0 Å². The normalized spacial score (nSPS) is 30.3. The van der Waals surface area contributed by atoms with Crippen LogP contribution in [0.5, 0.6) is 0 Å². The second kappa shape index (κ2) is 5.68. The van der Waals surface area contributed by atoms with E-state index in [1.807, 2.05) is 0 Å². The lowest BCUT2D eigenvalue weighted by Gasteiger charge is -2.18. The van der Waals surface area contributed by atoms with Gasteiger partial charge in [0.1, 0.15) is 18.1 Å². The maximum Gasteiger partial charge on any atom is 0.129 e. The first-order chi connectivity index (χ1) is 9.35. The Morgan fingerprint density at radius 2 is 2.16 bits per heavy atom. The third kappa shape index (κ3) is 2.59. The zero-order valence-electron chi connectivity index (χ0n) is 12.0. The fraction of sp³-hybridized carbons (Fsp3) is 0.750. The van der Waals surface area contributed by atoms with Crippen LogP contribution < -0.4 is 5.32 Å². The molecule has 1 heterocycles. The molecule has 0 aliphatic heterocycles. The first-order valence-electron chi connectivity index (χ1n) is 7.66. The molecule has 0 bridgehead atoms. The molecule has 2 aliphatic carbocycles. The van der Waals surface area contributed by atoms with Gasteiger partial charge in [-0.1, -0.05) is 13.3 Å². The van der Waals surface area contributed by atoms with E-state index in [1.54, 1.807) is 7.11 Å². The van der Waals surface area contributed by atoms with Crippen molar-refractivity contribution < 1.29 is 9.15 Å². The van der Waals surface area contributed by atoms with E-state index in [4.69, 9.17) is 9.15 Å². The van der Waals surface area contributed by atoms with Crippen LogP contribution in [0.1, 0.15) is 50.2 Å². The molecule has 3 rings (SSSR count). The first kappa shape index (κ1) is 13.2. The molecule has 0 spiro atoms. The van der Waals surface area contributed by atoms with Gasteiger partial charge in [-0.15, -0.1) is 0 Å². The SMILES string of the molecule is CCCNC(c1ccc(COC)o1)C1C2CCCC21. The molecule has 3 nitrogen and oxygen atoms in total. The lowest BCUT2D eigenvalue weighted by Crippen LogP contribution is -2.25. The molecule has 2 saturated carbocycles. The molecule has 3 atom stereocenters. The number of fused-ring (bicyclic) bond motifs is 1. The Labute approximate surface area is 115 Å². The number of ether oxygens (including phenoxy) is 1. The predicted octanol–water partition coefficient (Wildman–Crippen LogP) is 3.51. The molecule has 2 aliphatic rings.